The van der Waals surface area contributed by atoms with Crippen LogP contribution in [0.5, 0.6) is 0 Å². The summed E-state index contributed by atoms with van der Waals surface area (Å²) in [7, 11) is -1.60. The molecule has 5 rings (SSSR count). The number of H-pyrrole nitrogens is 1. The zero-order valence-electron chi connectivity index (χ0n) is 19.9. The predicted octanol–water partition coefficient (Wildman–Crippen LogP) is 3.71. The molecule has 0 spiro atoms. The van der Waals surface area contributed by atoms with Crippen molar-refractivity contribution in [2.75, 3.05) is 39.3 Å². The van der Waals surface area contributed by atoms with Gasteiger partial charge in [-0.15, -0.1) is 0 Å². The van der Waals surface area contributed by atoms with Crippen LogP contribution in [0, 0.1) is 0 Å². The van der Waals surface area contributed by atoms with Crippen LogP contribution in [0.4, 0.5) is 0 Å². The number of aromatic amines is 1. The molecule has 2 aromatic heterocycles. The molecule has 2 aromatic carbocycles. The molecule has 0 amide bonds. The molecule has 0 bridgehead atoms. The molecule has 8 heteroatoms. The topological polar surface area (TPSA) is 73.4 Å². The second-order valence-electron chi connectivity index (χ2n) is 9.18. The second-order valence-corrected chi connectivity index (χ2v) is 11.0. The fraction of sp³-hybridized carbons (Fsp3) is 0.385. The lowest BCUT2D eigenvalue weighted by molar-refractivity contribution is 0.0976. The number of hydrogen-bond donors (Lipinski definition) is 2. The van der Waals surface area contributed by atoms with Crippen molar-refractivity contribution in [3.63, 3.8) is 0 Å². The van der Waals surface area contributed by atoms with Gasteiger partial charge in [0, 0.05) is 68.6 Å². The summed E-state index contributed by atoms with van der Waals surface area (Å²) < 4.78 is 31.6. The molecule has 0 aliphatic carbocycles. The third kappa shape index (κ3) is 4.51. The summed E-state index contributed by atoms with van der Waals surface area (Å²) in [5, 5.41) is 2.18. The molecular formula is C26H33N5O2S. The molecule has 1 aliphatic heterocycles. The maximum Gasteiger partial charge on any atom is 0.240 e. The van der Waals surface area contributed by atoms with Gasteiger partial charge in [0.15, 0.2) is 0 Å². The van der Waals surface area contributed by atoms with Gasteiger partial charge in [0.05, 0.1) is 10.9 Å². The van der Waals surface area contributed by atoms with E-state index in [4.69, 9.17) is 0 Å². The van der Waals surface area contributed by atoms with Gasteiger partial charge < -0.3 is 14.5 Å². The van der Waals surface area contributed by atoms with Gasteiger partial charge in [0.1, 0.15) is 0 Å². The van der Waals surface area contributed by atoms with E-state index in [2.05, 4.69) is 62.4 Å². The average molecular weight is 480 g/mol. The minimum absolute atomic E-state index is 0.0427. The first-order valence-electron chi connectivity index (χ1n) is 12.0. The Morgan fingerprint density at radius 1 is 1.06 bits per heavy atom. The molecular weight excluding hydrogens is 446 g/mol. The number of fused-ring (bicyclic) bond motifs is 2. The molecule has 1 fully saturated rings. The van der Waals surface area contributed by atoms with Crippen LogP contribution in [0.25, 0.3) is 21.8 Å². The highest BCUT2D eigenvalue weighted by molar-refractivity contribution is 7.89. The van der Waals surface area contributed by atoms with Crippen LogP contribution in [-0.2, 0) is 17.1 Å². The molecule has 0 radical (unpaired) electrons. The molecule has 1 unspecified atom stereocenters. The van der Waals surface area contributed by atoms with Gasteiger partial charge in [-0.05, 0) is 48.2 Å². The van der Waals surface area contributed by atoms with E-state index in [0.29, 0.717) is 6.54 Å². The van der Waals surface area contributed by atoms with Crippen LogP contribution >= 0.6 is 0 Å². The first kappa shape index (κ1) is 23.1. The highest BCUT2D eigenvalue weighted by atomic mass is 32.2. The van der Waals surface area contributed by atoms with Gasteiger partial charge in [0.2, 0.25) is 10.0 Å². The summed E-state index contributed by atoms with van der Waals surface area (Å²) in [4.78, 5) is 8.32. The molecule has 1 atom stereocenters. The highest BCUT2D eigenvalue weighted by Gasteiger charge is 2.29. The van der Waals surface area contributed by atoms with Gasteiger partial charge >= 0.3 is 0 Å². The normalized spacial score (nSPS) is 17.0. The molecule has 7 nitrogen and oxygen atoms in total. The predicted molar refractivity (Wildman–Crippen MR) is 137 cm³/mol. The molecule has 34 heavy (non-hydrogen) atoms. The van der Waals surface area contributed by atoms with E-state index >= 15 is 0 Å². The minimum Gasteiger partial charge on any atom is -0.361 e. The Balaban J connectivity index is 1.43. The van der Waals surface area contributed by atoms with Crippen molar-refractivity contribution in [1.29, 1.82) is 0 Å². The van der Waals surface area contributed by atoms with Gasteiger partial charge in [-0.2, -0.15) is 0 Å². The Morgan fingerprint density at radius 2 is 1.85 bits per heavy atom. The second kappa shape index (κ2) is 9.54. The van der Waals surface area contributed by atoms with Crippen LogP contribution < -0.4 is 4.72 Å². The number of rotatable bonds is 8. The molecule has 4 aromatic rings. The quantitative estimate of drug-likeness (QED) is 0.404. The smallest absolute Gasteiger partial charge is 0.240 e. The first-order chi connectivity index (χ1) is 16.5. The lowest BCUT2D eigenvalue weighted by Crippen LogP contribution is -2.49. The van der Waals surface area contributed by atoms with Crippen molar-refractivity contribution in [2.45, 2.75) is 24.3 Å². The third-order valence-electron chi connectivity index (χ3n) is 6.98. The number of aryl methyl sites for hydroxylation is 1. The van der Waals surface area contributed by atoms with E-state index in [1.54, 1.807) is 12.1 Å². The number of nitrogens with one attached hydrogen (secondary N) is 2. The summed E-state index contributed by atoms with van der Waals surface area (Å²) in [5.41, 5.74) is 3.15. The van der Waals surface area contributed by atoms with Crippen molar-refractivity contribution in [2.24, 2.45) is 7.05 Å². The van der Waals surface area contributed by atoms with E-state index in [9.17, 15) is 8.42 Å². The van der Waals surface area contributed by atoms with Gasteiger partial charge in [0.25, 0.3) is 0 Å². The molecule has 0 saturated carbocycles. The fourth-order valence-electron chi connectivity index (χ4n) is 5.16. The zero-order valence-corrected chi connectivity index (χ0v) is 20.7. The molecule has 1 aliphatic rings. The number of benzene rings is 2. The van der Waals surface area contributed by atoms with Crippen LogP contribution in [0.1, 0.15) is 24.9 Å². The minimum atomic E-state index is -3.65. The largest absolute Gasteiger partial charge is 0.361 e. The Hall–Kier alpha value is -2.65. The van der Waals surface area contributed by atoms with Gasteiger partial charge in [-0.3, -0.25) is 4.90 Å². The number of para-hydroxylation sites is 1. The van der Waals surface area contributed by atoms with Crippen molar-refractivity contribution in [3.8, 4) is 0 Å². The molecule has 180 valence electrons. The van der Waals surface area contributed by atoms with Gasteiger partial charge in [-0.25, -0.2) is 13.1 Å². The maximum absolute atomic E-state index is 13.3. The van der Waals surface area contributed by atoms with Crippen molar-refractivity contribution < 1.29 is 8.42 Å². The molecule has 3 heterocycles. The number of aromatic nitrogens is 2. The number of nitrogens with zero attached hydrogens (tertiary/aromatic N) is 3. The standard InChI is InChI=1S/C26H33N5O2S/c1-3-12-30-13-15-31(16-14-30)26(23-19-29(2)25-7-5-4-6-22(23)25)18-28-34(32,33)21-9-8-20-10-11-27-24(20)17-21/h4-11,17,19,26-28H,3,12-16,18H2,1-2H3. The lowest BCUT2D eigenvalue weighted by Gasteiger charge is -2.39. The van der Waals surface area contributed by atoms with E-state index in [0.717, 1.165) is 55.6 Å². The van der Waals surface area contributed by atoms with E-state index in [-0.39, 0.29) is 10.9 Å². The number of hydrogen-bond acceptors (Lipinski definition) is 4. The fourth-order valence-corrected chi connectivity index (χ4v) is 6.22. The van der Waals surface area contributed by atoms with Crippen LogP contribution in [0.2, 0.25) is 0 Å². The van der Waals surface area contributed by atoms with E-state index in [1.807, 2.05) is 24.4 Å². The average Bonchev–Trinajstić information content (AvgIpc) is 3.45. The molecule has 1 saturated heterocycles. The summed E-state index contributed by atoms with van der Waals surface area (Å²) >= 11 is 0. The Kier molecular flexibility index (Phi) is 6.48. The lowest BCUT2D eigenvalue weighted by atomic mass is 10.0. The Bertz CT molecular complexity index is 1380. The van der Waals surface area contributed by atoms with Crippen LogP contribution in [-0.4, -0.2) is 67.0 Å². The number of piperazine rings is 1. The van der Waals surface area contributed by atoms with Gasteiger partial charge in [-0.1, -0.05) is 31.2 Å². The summed E-state index contributed by atoms with van der Waals surface area (Å²) in [6, 6.07) is 15.5. The maximum atomic E-state index is 13.3. The van der Waals surface area contributed by atoms with E-state index < -0.39 is 10.0 Å². The Labute approximate surface area is 201 Å². The first-order valence-corrected chi connectivity index (χ1v) is 13.5. The summed E-state index contributed by atoms with van der Waals surface area (Å²) in [6.45, 7) is 7.50. The monoisotopic (exact) mass is 479 g/mol. The van der Waals surface area contributed by atoms with Crippen molar-refractivity contribution >= 4 is 31.8 Å². The molecule has 2 N–H and O–H groups in total. The van der Waals surface area contributed by atoms with E-state index in [1.165, 1.54) is 10.9 Å². The van der Waals surface area contributed by atoms with Crippen molar-refractivity contribution in [1.82, 2.24) is 24.1 Å². The van der Waals surface area contributed by atoms with Crippen LogP contribution in [0.15, 0.2) is 65.8 Å². The van der Waals surface area contributed by atoms with Crippen molar-refractivity contribution in [3.05, 3.63) is 66.5 Å². The SMILES string of the molecule is CCCN1CCN(C(CNS(=O)(=O)c2ccc3cc[nH]c3c2)c2cn(C)c3ccccc23)CC1. The Morgan fingerprint density at radius 3 is 2.65 bits per heavy atom. The summed E-state index contributed by atoms with van der Waals surface area (Å²) in [5.74, 6) is 0. The zero-order chi connectivity index (χ0) is 23.7. The highest BCUT2D eigenvalue weighted by Crippen LogP contribution is 2.31. The van der Waals surface area contributed by atoms with Crippen LogP contribution in [0.3, 0.4) is 0 Å². The number of sulfonamides is 1. The third-order valence-corrected chi connectivity index (χ3v) is 8.40. The summed E-state index contributed by atoms with van der Waals surface area (Å²) in [6.07, 6.45) is 5.13.